The Morgan fingerprint density at radius 2 is 1.54 bits per heavy atom. The number of rotatable bonds is 9. The van der Waals surface area contributed by atoms with Crippen LogP contribution in [0.1, 0.15) is 44.7 Å². The fourth-order valence-electron chi connectivity index (χ4n) is 4.18. The van der Waals surface area contributed by atoms with Gasteiger partial charge in [-0.1, -0.05) is 18.2 Å². The third-order valence-electron chi connectivity index (χ3n) is 5.78. The number of esters is 2. The molecule has 39 heavy (non-hydrogen) atoms. The van der Waals surface area contributed by atoms with Crippen LogP contribution < -0.4 is 15.4 Å². The smallest absolute Gasteiger partial charge is 0.416 e. The van der Waals surface area contributed by atoms with Crippen LogP contribution in [0, 0.1) is 0 Å². The molecule has 2 aromatic rings. The van der Waals surface area contributed by atoms with Crippen LogP contribution in [0.2, 0.25) is 0 Å². The summed E-state index contributed by atoms with van der Waals surface area (Å²) in [6, 6.07) is 11.0. The molecule has 0 fully saturated rings. The van der Waals surface area contributed by atoms with Crippen LogP contribution in [0.15, 0.2) is 71.1 Å². The first-order valence-corrected chi connectivity index (χ1v) is 12.1. The molecule has 0 radical (unpaired) electrons. The van der Waals surface area contributed by atoms with Crippen LogP contribution in [-0.2, 0) is 30.0 Å². The summed E-state index contributed by atoms with van der Waals surface area (Å²) < 4.78 is 56.6. The van der Waals surface area contributed by atoms with Crippen molar-refractivity contribution < 1.29 is 41.8 Å². The topological polar surface area (TPSA) is 103 Å². The second-order valence-corrected chi connectivity index (χ2v) is 8.67. The Hall–Kier alpha value is -4.28. The number of hydrogen-bond donors (Lipinski definition) is 2. The summed E-state index contributed by atoms with van der Waals surface area (Å²) in [6.45, 7) is 6.01. The highest BCUT2D eigenvalue weighted by molar-refractivity contribution is 6.00. The molecule has 1 amide bonds. The predicted octanol–water partition coefficient (Wildman–Crippen LogP) is 5.08. The van der Waals surface area contributed by atoms with Gasteiger partial charge < -0.3 is 24.8 Å². The average molecular weight is 547 g/mol. The van der Waals surface area contributed by atoms with Gasteiger partial charge in [0.25, 0.3) is 0 Å². The minimum Gasteiger partial charge on any atom is -0.490 e. The van der Waals surface area contributed by atoms with Crippen LogP contribution in [0.5, 0.6) is 5.75 Å². The Bertz CT molecular complexity index is 1300. The fourth-order valence-corrected chi connectivity index (χ4v) is 4.18. The number of amides is 1. The van der Waals surface area contributed by atoms with Crippen molar-refractivity contribution in [2.75, 3.05) is 25.1 Å². The van der Waals surface area contributed by atoms with E-state index in [-0.39, 0.29) is 42.4 Å². The number of carbonyl (C=O) groups excluding carboxylic acids is 3. The van der Waals surface area contributed by atoms with Crippen molar-refractivity contribution in [2.24, 2.45) is 0 Å². The van der Waals surface area contributed by atoms with Crippen LogP contribution in [0.3, 0.4) is 0 Å². The van der Waals surface area contributed by atoms with Gasteiger partial charge in [-0.3, -0.25) is 4.79 Å². The Morgan fingerprint density at radius 1 is 0.923 bits per heavy atom. The van der Waals surface area contributed by atoms with Crippen molar-refractivity contribution in [3.8, 4) is 5.75 Å². The van der Waals surface area contributed by atoms with Crippen molar-refractivity contribution in [3.05, 3.63) is 82.2 Å². The Labute approximate surface area is 223 Å². The molecule has 0 spiro atoms. The zero-order chi connectivity index (χ0) is 28.7. The number of ether oxygens (including phenoxy) is 3. The maximum absolute atomic E-state index is 13.5. The number of dihydropyridines is 1. The van der Waals surface area contributed by atoms with E-state index in [9.17, 15) is 27.6 Å². The van der Waals surface area contributed by atoms with Crippen molar-refractivity contribution >= 4 is 23.5 Å². The standard InChI is InChI=1S/C28H29F3N2O6/c1-5-37-26(35)23-16(2)32-17(3)24(25(23)19-7-6-8-20(15-19)28(29,30)31)27(36)39-14-13-38-22-11-9-21(10-12-22)33-18(4)34/h6-12,15,25,32H,5,13-14H2,1-4H3,(H,33,34). The molecule has 1 aliphatic rings. The number of alkyl halides is 3. The highest BCUT2D eigenvalue weighted by Crippen LogP contribution is 2.41. The van der Waals surface area contributed by atoms with Gasteiger partial charge >= 0.3 is 18.1 Å². The molecule has 0 saturated carbocycles. The van der Waals surface area contributed by atoms with E-state index in [0.29, 0.717) is 22.8 Å². The number of benzene rings is 2. The maximum atomic E-state index is 13.5. The largest absolute Gasteiger partial charge is 0.490 e. The third kappa shape index (κ3) is 7.40. The molecule has 2 aromatic carbocycles. The van der Waals surface area contributed by atoms with Gasteiger partial charge in [-0.25, -0.2) is 9.59 Å². The zero-order valence-corrected chi connectivity index (χ0v) is 21.9. The number of halogens is 3. The number of hydrogen-bond acceptors (Lipinski definition) is 7. The summed E-state index contributed by atoms with van der Waals surface area (Å²) >= 11 is 0. The van der Waals surface area contributed by atoms with Gasteiger partial charge in [0.05, 0.1) is 29.2 Å². The van der Waals surface area contributed by atoms with E-state index >= 15 is 0 Å². The second kappa shape index (κ2) is 12.5. The van der Waals surface area contributed by atoms with E-state index in [1.165, 1.54) is 19.1 Å². The van der Waals surface area contributed by atoms with Gasteiger partial charge in [-0.15, -0.1) is 0 Å². The van der Waals surface area contributed by atoms with Crippen LogP contribution in [0.4, 0.5) is 18.9 Å². The van der Waals surface area contributed by atoms with E-state index < -0.39 is 29.6 Å². The fraction of sp³-hybridized carbons (Fsp3) is 0.321. The quantitative estimate of drug-likeness (QED) is 0.334. The Balaban J connectivity index is 1.82. The van der Waals surface area contributed by atoms with Gasteiger partial charge in [0, 0.05) is 24.0 Å². The molecule has 1 heterocycles. The van der Waals surface area contributed by atoms with Gasteiger partial charge in [-0.05, 0) is 56.7 Å². The highest BCUT2D eigenvalue weighted by atomic mass is 19.4. The lowest BCUT2D eigenvalue weighted by molar-refractivity contribution is -0.140. The molecule has 3 rings (SSSR count). The minimum atomic E-state index is -4.62. The highest BCUT2D eigenvalue weighted by Gasteiger charge is 2.39. The molecular formula is C28H29F3N2O6. The molecule has 0 bridgehead atoms. The Kier molecular flexibility index (Phi) is 9.39. The lowest BCUT2D eigenvalue weighted by atomic mass is 9.80. The molecule has 0 aliphatic carbocycles. The number of nitrogens with one attached hydrogen (secondary N) is 2. The average Bonchev–Trinajstić information content (AvgIpc) is 2.86. The van der Waals surface area contributed by atoms with Crippen molar-refractivity contribution in [1.29, 1.82) is 0 Å². The molecule has 208 valence electrons. The van der Waals surface area contributed by atoms with Gasteiger partial charge in [0.1, 0.15) is 19.0 Å². The normalized spacial score (nSPS) is 15.4. The van der Waals surface area contributed by atoms with Crippen molar-refractivity contribution in [2.45, 2.75) is 39.8 Å². The summed E-state index contributed by atoms with van der Waals surface area (Å²) in [5.74, 6) is -2.46. The van der Waals surface area contributed by atoms with Crippen molar-refractivity contribution in [1.82, 2.24) is 5.32 Å². The lowest BCUT2D eigenvalue weighted by Crippen LogP contribution is -2.33. The Morgan fingerprint density at radius 3 is 2.10 bits per heavy atom. The molecular weight excluding hydrogens is 517 g/mol. The first kappa shape index (κ1) is 29.3. The molecule has 2 N–H and O–H groups in total. The number of carbonyl (C=O) groups is 3. The van der Waals surface area contributed by atoms with E-state index in [2.05, 4.69) is 10.6 Å². The predicted molar refractivity (Wildman–Crippen MR) is 137 cm³/mol. The lowest BCUT2D eigenvalue weighted by Gasteiger charge is -2.30. The van der Waals surface area contributed by atoms with E-state index in [0.717, 1.165) is 12.1 Å². The zero-order valence-electron chi connectivity index (χ0n) is 21.9. The van der Waals surface area contributed by atoms with Gasteiger partial charge in [0.2, 0.25) is 5.91 Å². The molecule has 11 heteroatoms. The molecule has 8 nitrogen and oxygen atoms in total. The molecule has 0 aromatic heterocycles. The van der Waals surface area contributed by atoms with Crippen molar-refractivity contribution in [3.63, 3.8) is 0 Å². The van der Waals surface area contributed by atoms with E-state index in [1.54, 1.807) is 45.0 Å². The van der Waals surface area contributed by atoms with Crippen LogP contribution in [0.25, 0.3) is 0 Å². The summed E-state index contributed by atoms with van der Waals surface area (Å²) in [4.78, 5) is 37.3. The van der Waals surface area contributed by atoms with E-state index in [1.807, 2.05) is 0 Å². The summed E-state index contributed by atoms with van der Waals surface area (Å²) in [6.07, 6.45) is -4.62. The number of anilines is 1. The molecule has 0 saturated heterocycles. The monoisotopic (exact) mass is 546 g/mol. The first-order chi connectivity index (χ1) is 18.4. The first-order valence-electron chi connectivity index (χ1n) is 12.1. The maximum Gasteiger partial charge on any atom is 0.416 e. The van der Waals surface area contributed by atoms with Gasteiger partial charge in [0.15, 0.2) is 0 Å². The molecule has 1 unspecified atom stereocenters. The number of allylic oxidation sites excluding steroid dienone is 2. The molecule has 1 atom stereocenters. The summed E-state index contributed by atoms with van der Waals surface area (Å²) in [7, 11) is 0. The van der Waals surface area contributed by atoms with Crippen LogP contribution in [-0.4, -0.2) is 37.7 Å². The second-order valence-electron chi connectivity index (χ2n) is 8.67. The molecule has 1 aliphatic heterocycles. The van der Waals surface area contributed by atoms with E-state index in [4.69, 9.17) is 14.2 Å². The summed E-state index contributed by atoms with van der Waals surface area (Å²) in [5, 5.41) is 5.59. The van der Waals surface area contributed by atoms with Gasteiger partial charge in [-0.2, -0.15) is 13.2 Å². The third-order valence-corrected chi connectivity index (χ3v) is 5.78. The van der Waals surface area contributed by atoms with Crippen LogP contribution >= 0.6 is 0 Å². The summed E-state index contributed by atoms with van der Waals surface area (Å²) in [5.41, 5.74) is 0.471. The SMILES string of the molecule is CCOC(=O)C1=C(C)NC(C)=C(C(=O)OCCOc2ccc(NC(C)=O)cc2)C1c1cccc(C(F)(F)F)c1. The minimum absolute atomic E-state index is 0.0114.